The second-order valence-electron chi connectivity index (χ2n) is 11.6. The van der Waals surface area contributed by atoms with Crippen molar-refractivity contribution < 1.29 is 0 Å². The summed E-state index contributed by atoms with van der Waals surface area (Å²) in [7, 11) is 2.09. The first-order valence-corrected chi connectivity index (χ1v) is 15.2. The normalized spacial score (nSPS) is 11.7. The quantitative estimate of drug-likeness (QED) is 0.209. The maximum atomic E-state index is 5.02. The van der Waals surface area contributed by atoms with Gasteiger partial charge in [-0.1, -0.05) is 84.9 Å². The summed E-state index contributed by atoms with van der Waals surface area (Å²) in [5, 5.41) is 4.92. The van der Waals surface area contributed by atoms with Crippen molar-refractivity contribution in [3.8, 4) is 39.5 Å². The van der Waals surface area contributed by atoms with Gasteiger partial charge in [-0.25, -0.2) is 4.98 Å². The van der Waals surface area contributed by atoms with Gasteiger partial charge in [0.25, 0.3) is 0 Å². The SMILES string of the molecule is Cn1c(-c2ccc3c4cc(-c5ccc6ccccc6c5)ccc4n(-c4cccc(-c5ccccn5)c4)c3c2)nc2ccccc21. The number of hydrogen-bond donors (Lipinski definition) is 0. The molecule has 4 nitrogen and oxygen atoms in total. The number of aryl methyl sites for hydroxylation is 1. The van der Waals surface area contributed by atoms with Crippen LogP contribution in [0, 0.1) is 0 Å². The molecule has 0 aliphatic rings. The van der Waals surface area contributed by atoms with Crippen LogP contribution in [0.15, 0.2) is 152 Å². The molecule has 0 saturated heterocycles. The van der Waals surface area contributed by atoms with Gasteiger partial charge in [-0.3, -0.25) is 4.98 Å². The molecule has 9 rings (SSSR count). The van der Waals surface area contributed by atoms with Gasteiger partial charge in [0.1, 0.15) is 5.82 Å². The van der Waals surface area contributed by atoms with E-state index in [0.717, 1.165) is 50.4 Å². The first-order valence-electron chi connectivity index (χ1n) is 15.2. The number of rotatable bonds is 4. The molecule has 3 heterocycles. The molecule has 6 aromatic carbocycles. The maximum absolute atomic E-state index is 5.02. The molecule has 0 unspecified atom stereocenters. The van der Waals surface area contributed by atoms with E-state index < -0.39 is 0 Å². The number of para-hydroxylation sites is 2. The van der Waals surface area contributed by atoms with E-state index in [1.165, 1.54) is 32.7 Å². The second kappa shape index (κ2) is 10.0. The van der Waals surface area contributed by atoms with Crippen LogP contribution in [0.25, 0.3) is 83.1 Å². The van der Waals surface area contributed by atoms with Gasteiger partial charge in [0, 0.05) is 40.8 Å². The van der Waals surface area contributed by atoms with E-state index in [1.54, 1.807) is 0 Å². The summed E-state index contributed by atoms with van der Waals surface area (Å²) in [4.78, 5) is 9.65. The van der Waals surface area contributed by atoms with Crippen LogP contribution in [0.2, 0.25) is 0 Å². The van der Waals surface area contributed by atoms with Crippen LogP contribution in [0.5, 0.6) is 0 Å². The predicted octanol–water partition coefficient (Wildman–Crippen LogP) is 10.2. The third kappa shape index (κ3) is 4.15. The molecule has 0 N–H and O–H groups in total. The van der Waals surface area contributed by atoms with Gasteiger partial charge in [0.2, 0.25) is 0 Å². The number of benzene rings is 6. The van der Waals surface area contributed by atoms with Gasteiger partial charge in [0.15, 0.2) is 0 Å². The molecule has 9 aromatic rings. The smallest absolute Gasteiger partial charge is 0.140 e. The Bertz CT molecular complexity index is 2550. The average Bonchev–Trinajstić information content (AvgIpc) is 3.62. The standard InChI is InChI=1S/C41H28N4/c1-44-39-15-5-4-14-37(39)43-41(44)32-18-20-34-35-25-30(29-17-16-27-9-2-3-10-28(27)23-29)19-21-38(35)45(40(34)26-32)33-12-8-11-31(24-33)36-13-6-7-22-42-36/h2-26H,1H3. The van der Waals surface area contributed by atoms with Crippen LogP contribution in [0.4, 0.5) is 0 Å². The third-order valence-electron chi connectivity index (χ3n) is 8.96. The number of imidazole rings is 1. The molecule has 0 fully saturated rings. The Kier molecular flexibility index (Phi) is 5.69. The van der Waals surface area contributed by atoms with E-state index >= 15 is 0 Å². The maximum Gasteiger partial charge on any atom is 0.140 e. The Morgan fingerprint density at radius 3 is 2.18 bits per heavy atom. The van der Waals surface area contributed by atoms with E-state index in [2.05, 4.69) is 149 Å². The molecule has 0 atom stereocenters. The Hall–Kier alpha value is -6.00. The van der Waals surface area contributed by atoms with Crippen LogP contribution < -0.4 is 0 Å². The molecular formula is C41H28N4. The van der Waals surface area contributed by atoms with Crippen molar-refractivity contribution in [2.45, 2.75) is 0 Å². The van der Waals surface area contributed by atoms with Crippen molar-refractivity contribution in [3.63, 3.8) is 0 Å². The largest absolute Gasteiger partial charge is 0.327 e. The highest BCUT2D eigenvalue weighted by atomic mass is 15.1. The van der Waals surface area contributed by atoms with E-state index in [4.69, 9.17) is 4.98 Å². The van der Waals surface area contributed by atoms with Crippen molar-refractivity contribution >= 4 is 43.6 Å². The Morgan fingerprint density at radius 1 is 0.489 bits per heavy atom. The van der Waals surface area contributed by atoms with Crippen LogP contribution >= 0.6 is 0 Å². The summed E-state index contributed by atoms with van der Waals surface area (Å²) in [6.07, 6.45) is 1.85. The lowest BCUT2D eigenvalue weighted by Gasteiger charge is -2.11. The van der Waals surface area contributed by atoms with Crippen molar-refractivity contribution in [3.05, 3.63) is 152 Å². The minimum atomic E-state index is 0.953. The molecule has 3 aromatic heterocycles. The highest BCUT2D eigenvalue weighted by molar-refractivity contribution is 6.11. The summed E-state index contributed by atoms with van der Waals surface area (Å²) >= 11 is 0. The molecule has 0 bridgehead atoms. The van der Waals surface area contributed by atoms with E-state index in [-0.39, 0.29) is 0 Å². The fourth-order valence-electron chi connectivity index (χ4n) is 6.73. The average molecular weight is 577 g/mol. The topological polar surface area (TPSA) is 35.6 Å². The minimum Gasteiger partial charge on any atom is -0.327 e. The number of fused-ring (bicyclic) bond motifs is 5. The molecular weight excluding hydrogens is 548 g/mol. The molecule has 0 aliphatic carbocycles. The second-order valence-corrected chi connectivity index (χ2v) is 11.6. The highest BCUT2D eigenvalue weighted by Gasteiger charge is 2.17. The van der Waals surface area contributed by atoms with Crippen molar-refractivity contribution in [1.82, 2.24) is 19.1 Å². The Morgan fingerprint density at radius 2 is 1.29 bits per heavy atom. The molecule has 0 aliphatic heterocycles. The van der Waals surface area contributed by atoms with E-state index in [0.29, 0.717) is 0 Å². The van der Waals surface area contributed by atoms with Crippen molar-refractivity contribution in [2.75, 3.05) is 0 Å². The monoisotopic (exact) mass is 576 g/mol. The zero-order valence-corrected chi connectivity index (χ0v) is 24.7. The highest BCUT2D eigenvalue weighted by Crippen LogP contribution is 2.38. The van der Waals surface area contributed by atoms with Gasteiger partial charge in [-0.05, 0) is 82.6 Å². The summed E-state index contributed by atoms with van der Waals surface area (Å²) in [6, 6.07) is 51.9. The molecule has 0 radical (unpaired) electrons. The van der Waals surface area contributed by atoms with E-state index in [1.807, 2.05) is 24.4 Å². The third-order valence-corrected chi connectivity index (χ3v) is 8.96. The summed E-state index contributed by atoms with van der Waals surface area (Å²) in [5.74, 6) is 0.953. The number of nitrogens with zero attached hydrogens (tertiary/aromatic N) is 4. The van der Waals surface area contributed by atoms with Gasteiger partial charge < -0.3 is 9.13 Å². The van der Waals surface area contributed by atoms with Crippen LogP contribution in [-0.2, 0) is 7.05 Å². The Balaban J connectivity index is 1.29. The lowest BCUT2D eigenvalue weighted by Crippen LogP contribution is -1.96. The fourth-order valence-corrected chi connectivity index (χ4v) is 6.73. The van der Waals surface area contributed by atoms with Gasteiger partial charge >= 0.3 is 0 Å². The lowest BCUT2D eigenvalue weighted by atomic mass is 9.99. The fraction of sp³-hybridized carbons (Fsp3) is 0.0244. The molecule has 0 amide bonds. The first-order chi connectivity index (χ1) is 22.2. The number of hydrogen-bond acceptors (Lipinski definition) is 2. The van der Waals surface area contributed by atoms with Gasteiger partial charge in [-0.2, -0.15) is 0 Å². The lowest BCUT2D eigenvalue weighted by molar-refractivity contribution is 0.959. The zero-order valence-electron chi connectivity index (χ0n) is 24.7. The molecule has 0 spiro atoms. The molecule has 0 saturated carbocycles. The molecule has 212 valence electrons. The minimum absolute atomic E-state index is 0.953. The summed E-state index contributed by atoms with van der Waals surface area (Å²) in [6.45, 7) is 0. The number of aromatic nitrogens is 4. The predicted molar refractivity (Wildman–Crippen MR) is 187 cm³/mol. The van der Waals surface area contributed by atoms with Gasteiger partial charge in [0.05, 0.1) is 27.8 Å². The van der Waals surface area contributed by atoms with E-state index in [9.17, 15) is 0 Å². The van der Waals surface area contributed by atoms with Gasteiger partial charge in [-0.15, -0.1) is 0 Å². The Labute approximate surface area is 260 Å². The summed E-state index contributed by atoms with van der Waals surface area (Å²) in [5.41, 5.74) is 11.1. The van der Waals surface area contributed by atoms with Crippen LogP contribution in [0.1, 0.15) is 0 Å². The van der Waals surface area contributed by atoms with Crippen molar-refractivity contribution in [1.29, 1.82) is 0 Å². The molecule has 4 heteroatoms. The van der Waals surface area contributed by atoms with Crippen LogP contribution in [-0.4, -0.2) is 19.1 Å². The molecule has 45 heavy (non-hydrogen) atoms. The van der Waals surface area contributed by atoms with Crippen molar-refractivity contribution in [2.24, 2.45) is 7.05 Å². The van der Waals surface area contributed by atoms with Crippen LogP contribution in [0.3, 0.4) is 0 Å². The zero-order chi connectivity index (χ0) is 29.9. The summed E-state index contributed by atoms with van der Waals surface area (Å²) < 4.78 is 4.57. The first kappa shape index (κ1) is 25.5. The number of pyridine rings is 1.